The molecule has 0 spiro atoms. The molecule has 0 amide bonds. The Labute approximate surface area is 122 Å². The molecule has 4 heteroatoms. The van der Waals surface area contributed by atoms with Crippen LogP contribution in [0.25, 0.3) is 0 Å². The van der Waals surface area contributed by atoms with Crippen LogP contribution in [0.5, 0.6) is 0 Å². The van der Waals surface area contributed by atoms with E-state index < -0.39 is 0 Å². The SMILES string of the molecule is CCOC(=O)C(CN1CCCC2CCCC21)NC1CC1. The summed E-state index contributed by atoms with van der Waals surface area (Å²) < 4.78 is 5.26. The fourth-order valence-electron chi connectivity index (χ4n) is 3.99. The molecule has 0 bridgehead atoms. The monoisotopic (exact) mass is 280 g/mol. The zero-order valence-corrected chi connectivity index (χ0v) is 12.6. The summed E-state index contributed by atoms with van der Waals surface area (Å²) in [7, 11) is 0. The number of nitrogens with zero attached hydrogens (tertiary/aromatic N) is 1. The quantitative estimate of drug-likeness (QED) is 0.755. The van der Waals surface area contributed by atoms with Crippen molar-refractivity contribution in [1.29, 1.82) is 0 Å². The van der Waals surface area contributed by atoms with Crippen LogP contribution in [0.1, 0.15) is 51.9 Å². The molecule has 0 aromatic heterocycles. The summed E-state index contributed by atoms with van der Waals surface area (Å²) in [5.41, 5.74) is 0. The van der Waals surface area contributed by atoms with Gasteiger partial charge in [-0.05, 0) is 57.9 Å². The van der Waals surface area contributed by atoms with Gasteiger partial charge in [0.25, 0.3) is 0 Å². The molecule has 2 aliphatic carbocycles. The highest BCUT2D eigenvalue weighted by Gasteiger charge is 2.38. The van der Waals surface area contributed by atoms with Gasteiger partial charge in [-0.3, -0.25) is 9.69 Å². The van der Waals surface area contributed by atoms with Gasteiger partial charge in [-0.15, -0.1) is 0 Å². The number of likely N-dealkylation sites (tertiary alicyclic amines) is 1. The topological polar surface area (TPSA) is 41.6 Å². The van der Waals surface area contributed by atoms with Crippen molar-refractivity contribution in [2.45, 2.75) is 70.0 Å². The normalized spacial score (nSPS) is 31.9. The van der Waals surface area contributed by atoms with Crippen molar-refractivity contribution in [2.24, 2.45) is 5.92 Å². The van der Waals surface area contributed by atoms with Crippen LogP contribution in [0.4, 0.5) is 0 Å². The fourth-order valence-corrected chi connectivity index (χ4v) is 3.99. The number of rotatable bonds is 6. The molecule has 3 atom stereocenters. The minimum Gasteiger partial charge on any atom is -0.465 e. The third-order valence-corrected chi connectivity index (χ3v) is 5.11. The van der Waals surface area contributed by atoms with Crippen LogP contribution in [0, 0.1) is 5.92 Å². The van der Waals surface area contributed by atoms with Crippen LogP contribution < -0.4 is 5.32 Å². The highest BCUT2D eigenvalue weighted by Crippen LogP contribution is 2.36. The van der Waals surface area contributed by atoms with E-state index in [0.29, 0.717) is 12.6 Å². The Bertz CT molecular complexity index is 343. The van der Waals surface area contributed by atoms with Gasteiger partial charge in [0.1, 0.15) is 6.04 Å². The summed E-state index contributed by atoms with van der Waals surface area (Å²) in [4.78, 5) is 14.7. The second-order valence-corrected chi connectivity index (χ2v) is 6.64. The van der Waals surface area contributed by atoms with Crippen molar-refractivity contribution in [3.05, 3.63) is 0 Å². The molecule has 3 fully saturated rings. The van der Waals surface area contributed by atoms with Crippen LogP contribution in [0.3, 0.4) is 0 Å². The first-order valence-electron chi connectivity index (χ1n) is 8.44. The maximum absolute atomic E-state index is 12.2. The second kappa shape index (κ2) is 6.44. The van der Waals surface area contributed by atoms with E-state index in [1.54, 1.807) is 0 Å². The molecule has 0 aromatic rings. The van der Waals surface area contributed by atoms with E-state index in [1.807, 2.05) is 6.92 Å². The van der Waals surface area contributed by atoms with Crippen molar-refractivity contribution in [1.82, 2.24) is 10.2 Å². The van der Waals surface area contributed by atoms with Crippen molar-refractivity contribution in [3.63, 3.8) is 0 Å². The maximum atomic E-state index is 12.2. The van der Waals surface area contributed by atoms with E-state index in [2.05, 4.69) is 10.2 Å². The highest BCUT2D eigenvalue weighted by atomic mass is 16.5. The smallest absolute Gasteiger partial charge is 0.324 e. The Balaban J connectivity index is 1.60. The lowest BCUT2D eigenvalue weighted by Gasteiger charge is -2.39. The average Bonchev–Trinajstić information content (AvgIpc) is 3.12. The lowest BCUT2D eigenvalue weighted by atomic mass is 9.91. The van der Waals surface area contributed by atoms with Crippen LogP contribution in [-0.4, -0.2) is 48.7 Å². The number of hydrogen-bond acceptors (Lipinski definition) is 4. The van der Waals surface area contributed by atoms with Gasteiger partial charge >= 0.3 is 5.97 Å². The van der Waals surface area contributed by atoms with Crippen molar-refractivity contribution >= 4 is 5.97 Å². The summed E-state index contributed by atoms with van der Waals surface area (Å²) in [5, 5.41) is 3.49. The lowest BCUT2D eigenvalue weighted by Crippen LogP contribution is -2.52. The van der Waals surface area contributed by atoms with Gasteiger partial charge < -0.3 is 10.1 Å². The molecular formula is C16H28N2O2. The van der Waals surface area contributed by atoms with Gasteiger partial charge in [-0.2, -0.15) is 0 Å². The molecule has 0 radical (unpaired) electrons. The molecule has 1 aliphatic heterocycles. The van der Waals surface area contributed by atoms with Gasteiger partial charge in [-0.1, -0.05) is 6.42 Å². The van der Waals surface area contributed by atoms with E-state index in [0.717, 1.165) is 25.0 Å². The number of piperidine rings is 1. The summed E-state index contributed by atoms with van der Waals surface area (Å²) in [6.45, 7) is 4.37. The molecule has 1 heterocycles. The summed E-state index contributed by atoms with van der Waals surface area (Å²) >= 11 is 0. The van der Waals surface area contributed by atoms with Crippen molar-refractivity contribution in [2.75, 3.05) is 19.7 Å². The molecule has 1 N–H and O–H groups in total. The Hall–Kier alpha value is -0.610. The first-order valence-corrected chi connectivity index (χ1v) is 8.44. The first kappa shape index (κ1) is 14.3. The van der Waals surface area contributed by atoms with Crippen LogP contribution in [0.15, 0.2) is 0 Å². The third kappa shape index (κ3) is 3.34. The van der Waals surface area contributed by atoms with Crippen molar-refractivity contribution in [3.8, 4) is 0 Å². The van der Waals surface area contributed by atoms with Gasteiger partial charge in [-0.25, -0.2) is 0 Å². The van der Waals surface area contributed by atoms with Crippen molar-refractivity contribution < 1.29 is 9.53 Å². The maximum Gasteiger partial charge on any atom is 0.324 e. The third-order valence-electron chi connectivity index (χ3n) is 5.11. The second-order valence-electron chi connectivity index (χ2n) is 6.64. The summed E-state index contributed by atoms with van der Waals surface area (Å²) in [6.07, 6.45) is 9.18. The zero-order valence-electron chi connectivity index (χ0n) is 12.6. The number of fused-ring (bicyclic) bond motifs is 1. The highest BCUT2D eigenvalue weighted by molar-refractivity contribution is 5.76. The van der Waals surface area contributed by atoms with Crippen LogP contribution in [0.2, 0.25) is 0 Å². The first-order chi connectivity index (χ1) is 9.78. The van der Waals surface area contributed by atoms with E-state index >= 15 is 0 Å². The predicted molar refractivity (Wildman–Crippen MR) is 78.5 cm³/mol. The zero-order chi connectivity index (χ0) is 13.9. The van der Waals surface area contributed by atoms with Gasteiger partial charge in [0.2, 0.25) is 0 Å². The molecule has 3 aliphatic rings. The standard InChI is InChI=1S/C16H28N2O2/c1-2-20-16(19)14(17-13-8-9-13)11-18-10-4-6-12-5-3-7-15(12)18/h12-15,17H,2-11H2,1H3. The number of carbonyl (C=O) groups excluding carboxylic acids is 1. The molecule has 114 valence electrons. The molecule has 2 saturated carbocycles. The predicted octanol–water partition coefficient (Wildman–Crippen LogP) is 1.93. The van der Waals surface area contributed by atoms with Gasteiger partial charge in [0.15, 0.2) is 0 Å². The number of carbonyl (C=O) groups is 1. The Morgan fingerprint density at radius 2 is 2.05 bits per heavy atom. The molecular weight excluding hydrogens is 252 g/mol. The van der Waals surface area contributed by atoms with Crippen LogP contribution in [-0.2, 0) is 9.53 Å². The minimum absolute atomic E-state index is 0.0560. The van der Waals surface area contributed by atoms with Gasteiger partial charge in [0, 0.05) is 18.6 Å². The van der Waals surface area contributed by atoms with E-state index in [4.69, 9.17) is 4.74 Å². The average molecular weight is 280 g/mol. The lowest BCUT2D eigenvalue weighted by molar-refractivity contribution is -0.146. The minimum atomic E-state index is -0.123. The molecule has 0 aromatic carbocycles. The number of ether oxygens (including phenoxy) is 1. The van der Waals surface area contributed by atoms with Gasteiger partial charge in [0.05, 0.1) is 6.61 Å². The molecule has 3 unspecified atom stereocenters. The Kier molecular flexibility index (Phi) is 4.61. The Morgan fingerprint density at radius 3 is 2.80 bits per heavy atom. The van der Waals surface area contributed by atoms with Crippen LogP contribution >= 0.6 is 0 Å². The van der Waals surface area contributed by atoms with E-state index in [1.165, 1.54) is 44.9 Å². The number of nitrogens with one attached hydrogen (secondary N) is 1. The fraction of sp³-hybridized carbons (Fsp3) is 0.938. The Morgan fingerprint density at radius 1 is 1.25 bits per heavy atom. The molecule has 4 nitrogen and oxygen atoms in total. The van der Waals surface area contributed by atoms with E-state index in [9.17, 15) is 4.79 Å². The molecule has 3 rings (SSSR count). The molecule has 20 heavy (non-hydrogen) atoms. The number of esters is 1. The molecule has 1 saturated heterocycles. The summed E-state index contributed by atoms with van der Waals surface area (Å²) in [6, 6.07) is 1.15. The summed E-state index contributed by atoms with van der Waals surface area (Å²) in [5.74, 6) is 0.826. The van der Waals surface area contributed by atoms with E-state index in [-0.39, 0.29) is 12.0 Å². The number of hydrogen-bond donors (Lipinski definition) is 1. The largest absolute Gasteiger partial charge is 0.465 e.